The number of anilines is 2. The summed E-state index contributed by atoms with van der Waals surface area (Å²) < 4.78 is 10.7. The first-order valence-electron chi connectivity index (χ1n) is 9.66. The minimum atomic E-state index is 0.0881. The van der Waals surface area contributed by atoms with Crippen LogP contribution in [0.1, 0.15) is 35.3 Å². The van der Waals surface area contributed by atoms with E-state index >= 15 is 0 Å². The molecule has 3 rings (SSSR count). The summed E-state index contributed by atoms with van der Waals surface area (Å²) in [5.41, 5.74) is 10.4. The molecule has 0 spiro atoms. The van der Waals surface area contributed by atoms with E-state index in [1.54, 1.807) is 14.2 Å². The third kappa shape index (κ3) is 5.16. The van der Waals surface area contributed by atoms with Crippen LogP contribution in [0.15, 0.2) is 48.5 Å². The number of nitrogens with two attached hydrogens (primary N) is 1. The van der Waals surface area contributed by atoms with Crippen molar-refractivity contribution in [3.8, 4) is 11.5 Å². The van der Waals surface area contributed by atoms with Gasteiger partial charge in [-0.2, -0.15) is 4.98 Å². The van der Waals surface area contributed by atoms with E-state index in [2.05, 4.69) is 34.3 Å². The fraction of sp³-hybridized carbons (Fsp3) is 0.304. The van der Waals surface area contributed by atoms with Crippen LogP contribution < -0.4 is 20.5 Å². The molecule has 0 unspecified atom stereocenters. The van der Waals surface area contributed by atoms with Crippen molar-refractivity contribution in [3.05, 3.63) is 70.9 Å². The van der Waals surface area contributed by atoms with Crippen LogP contribution in [0.3, 0.4) is 0 Å². The maximum atomic E-state index is 6.27. The molecule has 3 N–H and O–H groups in total. The van der Waals surface area contributed by atoms with Gasteiger partial charge >= 0.3 is 0 Å². The zero-order valence-electron chi connectivity index (χ0n) is 17.4. The van der Waals surface area contributed by atoms with Crippen molar-refractivity contribution >= 4 is 11.8 Å². The second-order valence-electron chi connectivity index (χ2n) is 6.99. The number of nitrogens with zero attached hydrogens (tertiary/aromatic N) is 2. The van der Waals surface area contributed by atoms with Crippen LogP contribution in [-0.2, 0) is 12.8 Å². The Bertz CT molecular complexity index is 915. The van der Waals surface area contributed by atoms with Gasteiger partial charge in [0.15, 0.2) is 0 Å². The van der Waals surface area contributed by atoms with Crippen molar-refractivity contribution < 1.29 is 9.47 Å². The fourth-order valence-corrected chi connectivity index (χ4v) is 3.29. The molecule has 0 aliphatic rings. The molecule has 1 aromatic heterocycles. The molecule has 1 atom stereocenters. The van der Waals surface area contributed by atoms with Crippen molar-refractivity contribution in [3.63, 3.8) is 0 Å². The lowest BCUT2D eigenvalue weighted by molar-refractivity contribution is 0.393. The average molecular weight is 393 g/mol. The van der Waals surface area contributed by atoms with Gasteiger partial charge in [0.1, 0.15) is 17.3 Å². The van der Waals surface area contributed by atoms with E-state index < -0.39 is 0 Å². The van der Waals surface area contributed by atoms with Crippen LogP contribution in [0, 0.1) is 6.92 Å². The Labute approximate surface area is 172 Å². The topological polar surface area (TPSA) is 82.3 Å². The molecule has 0 bridgehead atoms. The lowest BCUT2D eigenvalue weighted by atomic mass is 10.0. The summed E-state index contributed by atoms with van der Waals surface area (Å²) in [5, 5.41) is 3.34. The van der Waals surface area contributed by atoms with Gasteiger partial charge in [-0.1, -0.05) is 30.3 Å². The van der Waals surface area contributed by atoms with E-state index in [1.807, 2.05) is 43.3 Å². The molecule has 0 fully saturated rings. The molecule has 3 aromatic rings. The lowest BCUT2D eigenvalue weighted by Gasteiger charge is -2.16. The van der Waals surface area contributed by atoms with E-state index in [1.165, 1.54) is 5.56 Å². The van der Waals surface area contributed by atoms with Gasteiger partial charge < -0.3 is 20.5 Å². The standard InChI is InChI=1S/C23H28N4O2/c1-15(18-8-6-5-7-9-18)25-23-26-16(2)21(22(24)27-23)11-10-17-12-19(28-3)14-20(13-17)29-4/h5-9,12-15H,10-11H2,1-4H3,(H3,24,25,26,27)/t15-/m0/s1. The Hall–Kier alpha value is -3.28. The highest BCUT2D eigenvalue weighted by atomic mass is 16.5. The summed E-state index contributed by atoms with van der Waals surface area (Å²) in [6, 6.07) is 16.1. The van der Waals surface area contributed by atoms with E-state index in [4.69, 9.17) is 15.2 Å². The quantitative estimate of drug-likeness (QED) is 0.593. The summed E-state index contributed by atoms with van der Waals surface area (Å²) in [7, 11) is 3.30. The monoisotopic (exact) mass is 392 g/mol. The Morgan fingerprint density at radius 2 is 1.62 bits per heavy atom. The Balaban J connectivity index is 1.73. The molecule has 1 heterocycles. The van der Waals surface area contributed by atoms with Crippen LogP contribution in [-0.4, -0.2) is 24.2 Å². The molecule has 2 aromatic carbocycles. The number of methoxy groups -OCH3 is 2. The highest BCUT2D eigenvalue weighted by molar-refractivity contribution is 5.48. The van der Waals surface area contributed by atoms with E-state index in [9.17, 15) is 0 Å². The number of rotatable bonds is 8. The second kappa shape index (κ2) is 9.28. The van der Waals surface area contributed by atoms with Crippen LogP contribution in [0.5, 0.6) is 11.5 Å². The third-order valence-electron chi connectivity index (χ3n) is 4.97. The summed E-state index contributed by atoms with van der Waals surface area (Å²) in [6.45, 7) is 4.05. The third-order valence-corrected chi connectivity index (χ3v) is 4.97. The number of nitrogen functional groups attached to an aromatic ring is 1. The number of hydrogen-bond acceptors (Lipinski definition) is 6. The molecule has 0 saturated carbocycles. The van der Waals surface area contributed by atoms with Gasteiger partial charge in [-0.15, -0.1) is 0 Å². The molecule has 29 heavy (non-hydrogen) atoms. The first-order valence-corrected chi connectivity index (χ1v) is 9.66. The Morgan fingerprint density at radius 3 is 2.21 bits per heavy atom. The predicted octanol–water partition coefficient (Wildman–Crippen LogP) is 4.34. The number of nitrogens with one attached hydrogen (secondary N) is 1. The first-order chi connectivity index (χ1) is 14.0. The molecule has 6 nitrogen and oxygen atoms in total. The summed E-state index contributed by atoms with van der Waals surface area (Å²) in [4.78, 5) is 9.11. The molecule has 0 aliphatic heterocycles. The van der Waals surface area contributed by atoms with Gasteiger partial charge in [0.05, 0.1) is 20.3 Å². The smallest absolute Gasteiger partial charge is 0.225 e. The van der Waals surface area contributed by atoms with Gasteiger partial charge in [-0.25, -0.2) is 4.98 Å². The van der Waals surface area contributed by atoms with Crippen LogP contribution in [0.2, 0.25) is 0 Å². The van der Waals surface area contributed by atoms with Crippen molar-refractivity contribution in [2.24, 2.45) is 0 Å². The van der Waals surface area contributed by atoms with Crippen molar-refractivity contribution in [1.29, 1.82) is 0 Å². The zero-order chi connectivity index (χ0) is 20.8. The molecule has 6 heteroatoms. The van der Waals surface area contributed by atoms with Gasteiger partial charge in [-0.3, -0.25) is 0 Å². The van der Waals surface area contributed by atoms with Crippen LogP contribution in [0.4, 0.5) is 11.8 Å². The summed E-state index contributed by atoms with van der Waals surface area (Å²) in [5.74, 6) is 2.60. The number of hydrogen-bond donors (Lipinski definition) is 2. The van der Waals surface area contributed by atoms with Crippen molar-refractivity contribution in [2.45, 2.75) is 32.7 Å². The minimum Gasteiger partial charge on any atom is -0.497 e. The Morgan fingerprint density at radius 1 is 0.966 bits per heavy atom. The SMILES string of the molecule is COc1cc(CCc2c(C)nc(N[C@@H](C)c3ccccc3)nc2N)cc(OC)c1. The van der Waals surface area contributed by atoms with Crippen LogP contribution in [0.25, 0.3) is 0 Å². The lowest BCUT2D eigenvalue weighted by Crippen LogP contribution is -2.13. The maximum absolute atomic E-state index is 6.27. The zero-order valence-corrected chi connectivity index (χ0v) is 17.4. The number of aryl methyl sites for hydroxylation is 2. The van der Waals surface area contributed by atoms with Gasteiger partial charge in [0.2, 0.25) is 5.95 Å². The summed E-state index contributed by atoms with van der Waals surface area (Å²) >= 11 is 0. The molecule has 152 valence electrons. The summed E-state index contributed by atoms with van der Waals surface area (Å²) in [6.07, 6.45) is 1.53. The van der Waals surface area contributed by atoms with Crippen molar-refractivity contribution in [1.82, 2.24) is 9.97 Å². The number of aromatic nitrogens is 2. The second-order valence-corrected chi connectivity index (χ2v) is 6.99. The molecule has 0 amide bonds. The molecule has 0 radical (unpaired) electrons. The fourth-order valence-electron chi connectivity index (χ4n) is 3.29. The van der Waals surface area contributed by atoms with Crippen LogP contribution >= 0.6 is 0 Å². The minimum absolute atomic E-state index is 0.0881. The number of ether oxygens (including phenoxy) is 2. The van der Waals surface area contributed by atoms with E-state index in [0.29, 0.717) is 11.8 Å². The first kappa shape index (κ1) is 20.5. The van der Waals surface area contributed by atoms with Crippen molar-refractivity contribution in [2.75, 3.05) is 25.3 Å². The molecular weight excluding hydrogens is 364 g/mol. The van der Waals surface area contributed by atoms with Gasteiger partial charge in [0.25, 0.3) is 0 Å². The Kier molecular flexibility index (Phi) is 6.54. The highest BCUT2D eigenvalue weighted by Crippen LogP contribution is 2.25. The highest BCUT2D eigenvalue weighted by Gasteiger charge is 2.13. The largest absolute Gasteiger partial charge is 0.497 e. The van der Waals surface area contributed by atoms with Gasteiger partial charge in [0, 0.05) is 17.3 Å². The molecule has 0 saturated heterocycles. The molecule has 0 aliphatic carbocycles. The number of benzene rings is 2. The normalized spacial score (nSPS) is 11.7. The average Bonchev–Trinajstić information content (AvgIpc) is 2.73. The predicted molar refractivity (Wildman–Crippen MR) is 117 cm³/mol. The van der Waals surface area contributed by atoms with E-state index in [0.717, 1.165) is 41.2 Å². The maximum Gasteiger partial charge on any atom is 0.225 e. The van der Waals surface area contributed by atoms with Gasteiger partial charge in [-0.05, 0) is 49.9 Å². The molecular formula is C23H28N4O2. The van der Waals surface area contributed by atoms with E-state index in [-0.39, 0.29) is 6.04 Å².